The fraction of sp³-hybridized carbons (Fsp3) is 0.154. The molecule has 0 aliphatic carbocycles. The van der Waals surface area contributed by atoms with E-state index < -0.39 is 0 Å². The fourth-order valence-electron chi connectivity index (χ4n) is 1.68. The molecule has 2 nitrogen and oxygen atoms in total. The van der Waals surface area contributed by atoms with E-state index in [9.17, 15) is 0 Å². The average Bonchev–Trinajstić information content (AvgIpc) is 2.77. The van der Waals surface area contributed by atoms with E-state index in [1.165, 1.54) is 4.88 Å². The first kappa shape index (κ1) is 14.8. The molecular weight excluding hydrogens is 364 g/mol. The van der Waals surface area contributed by atoms with E-state index in [4.69, 9.17) is 29.6 Å². The van der Waals surface area contributed by atoms with Gasteiger partial charge in [0, 0.05) is 27.7 Å². The van der Waals surface area contributed by atoms with Crippen LogP contribution in [0.2, 0.25) is 5.02 Å². The lowest BCUT2D eigenvalue weighted by Gasteiger charge is -2.11. The van der Waals surface area contributed by atoms with Crippen molar-refractivity contribution in [1.29, 1.82) is 0 Å². The molecule has 0 unspecified atom stereocenters. The Bertz CT molecular complexity index is 598. The van der Waals surface area contributed by atoms with Crippen molar-refractivity contribution < 1.29 is 0 Å². The van der Waals surface area contributed by atoms with Crippen LogP contribution in [0.4, 0.5) is 5.69 Å². The van der Waals surface area contributed by atoms with Gasteiger partial charge in [-0.05, 0) is 52.7 Å². The Balaban J connectivity index is 2.01. The van der Waals surface area contributed by atoms with Crippen molar-refractivity contribution >= 4 is 61.8 Å². The molecule has 3 N–H and O–H groups in total. The molecule has 1 aromatic carbocycles. The molecule has 1 heterocycles. The van der Waals surface area contributed by atoms with E-state index in [0.717, 1.165) is 28.0 Å². The Morgan fingerprint density at radius 1 is 1.37 bits per heavy atom. The van der Waals surface area contributed by atoms with Gasteiger partial charge in [0.1, 0.15) is 4.99 Å². The number of halogens is 2. The van der Waals surface area contributed by atoms with Crippen LogP contribution < -0.4 is 11.1 Å². The van der Waals surface area contributed by atoms with Crippen molar-refractivity contribution in [2.75, 3.05) is 11.9 Å². The summed E-state index contributed by atoms with van der Waals surface area (Å²) in [6.45, 7) is 0.824. The number of nitrogens with one attached hydrogen (secondary N) is 1. The number of anilines is 1. The van der Waals surface area contributed by atoms with Crippen LogP contribution in [0.15, 0.2) is 34.1 Å². The summed E-state index contributed by atoms with van der Waals surface area (Å²) in [5.41, 5.74) is 7.41. The van der Waals surface area contributed by atoms with Gasteiger partial charge in [0.25, 0.3) is 0 Å². The Kier molecular flexibility index (Phi) is 5.21. The molecule has 6 heteroatoms. The molecule has 2 rings (SSSR count). The second-order valence-electron chi connectivity index (χ2n) is 3.94. The second kappa shape index (κ2) is 6.70. The minimum absolute atomic E-state index is 0.351. The Hall–Kier alpha value is -0.620. The number of hydrogen-bond donors (Lipinski definition) is 2. The molecule has 1 aromatic heterocycles. The Morgan fingerprint density at radius 2 is 2.16 bits per heavy atom. The molecule has 0 saturated carbocycles. The van der Waals surface area contributed by atoms with Crippen LogP contribution in [-0.2, 0) is 6.42 Å². The lowest BCUT2D eigenvalue weighted by atomic mass is 10.1. The highest BCUT2D eigenvalue weighted by Crippen LogP contribution is 2.23. The van der Waals surface area contributed by atoms with E-state index in [1.807, 2.05) is 12.1 Å². The third-order valence-electron chi connectivity index (χ3n) is 2.56. The number of thiocarbonyl (C=S) groups is 1. The molecule has 2 aromatic rings. The maximum atomic E-state index is 5.95. The predicted octanol–water partition coefficient (Wildman–Crippen LogP) is 4.45. The van der Waals surface area contributed by atoms with Crippen LogP contribution in [0.25, 0.3) is 0 Å². The van der Waals surface area contributed by atoms with Gasteiger partial charge in [0.15, 0.2) is 0 Å². The highest BCUT2D eigenvalue weighted by Gasteiger charge is 2.06. The summed E-state index contributed by atoms with van der Waals surface area (Å²) < 4.78 is 1.15. The SMILES string of the molecule is NC(=S)c1cc(Cl)ccc1NCCc1ccc(Br)s1. The van der Waals surface area contributed by atoms with Crippen molar-refractivity contribution in [3.63, 3.8) is 0 Å². The van der Waals surface area contributed by atoms with Crippen LogP contribution in [-0.4, -0.2) is 11.5 Å². The van der Waals surface area contributed by atoms with Gasteiger partial charge in [-0.1, -0.05) is 23.8 Å². The highest BCUT2D eigenvalue weighted by molar-refractivity contribution is 9.11. The maximum Gasteiger partial charge on any atom is 0.106 e. The van der Waals surface area contributed by atoms with Gasteiger partial charge in [0.2, 0.25) is 0 Å². The molecule has 19 heavy (non-hydrogen) atoms. The van der Waals surface area contributed by atoms with Crippen LogP contribution in [0.1, 0.15) is 10.4 Å². The molecule has 0 atom stereocenters. The molecule has 0 bridgehead atoms. The van der Waals surface area contributed by atoms with E-state index in [0.29, 0.717) is 10.0 Å². The lowest BCUT2D eigenvalue weighted by Crippen LogP contribution is -2.14. The maximum absolute atomic E-state index is 5.95. The molecule has 100 valence electrons. The normalized spacial score (nSPS) is 10.4. The molecule has 0 aliphatic rings. The van der Waals surface area contributed by atoms with Gasteiger partial charge in [-0.15, -0.1) is 11.3 Å². The van der Waals surface area contributed by atoms with Gasteiger partial charge in [-0.3, -0.25) is 0 Å². The monoisotopic (exact) mass is 374 g/mol. The minimum Gasteiger partial charge on any atom is -0.389 e. The zero-order valence-corrected chi connectivity index (χ0v) is 13.9. The standard InChI is InChI=1S/C13H12BrClN2S2/c14-12-4-2-9(19-12)5-6-17-11-3-1-8(15)7-10(11)13(16)18/h1-4,7,17H,5-6H2,(H2,16,18). The van der Waals surface area contributed by atoms with E-state index in [-0.39, 0.29) is 0 Å². The van der Waals surface area contributed by atoms with Crippen molar-refractivity contribution in [2.24, 2.45) is 5.73 Å². The van der Waals surface area contributed by atoms with E-state index in [1.54, 1.807) is 17.4 Å². The Morgan fingerprint density at radius 3 is 2.79 bits per heavy atom. The molecule has 0 aliphatic heterocycles. The highest BCUT2D eigenvalue weighted by atomic mass is 79.9. The molecule has 0 fully saturated rings. The molecule has 0 spiro atoms. The molecule has 0 saturated heterocycles. The smallest absolute Gasteiger partial charge is 0.106 e. The van der Waals surface area contributed by atoms with Gasteiger partial charge in [-0.25, -0.2) is 0 Å². The largest absolute Gasteiger partial charge is 0.389 e. The third kappa shape index (κ3) is 4.18. The van der Waals surface area contributed by atoms with Crippen molar-refractivity contribution in [2.45, 2.75) is 6.42 Å². The van der Waals surface area contributed by atoms with Gasteiger partial charge in [-0.2, -0.15) is 0 Å². The summed E-state index contributed by atoms with van der Waals surface area (Å²) in [5, 5.41) is 3.98. The summed E-state index contributed by atoms with van der Waals surface area (Å²) in [5.74, 6) is 0. The van der Waals surface area contributed by atoms with Gasteiger partial charge >= 0.3 is 0 Å². The minimum atomic E-state index is 0.351. The first-order chi connectivity index (χ1) is 9.06. The number of hydrogen-bond acceptors (Lipinski definition) is 3. The lowest BCUT2D eigenvalue weighted by molar-refractivity contribution is 1.04. The van der Waals surface area contributed by atoms with Gasteiger partial charge < -0.3 is 11.1 Å². The van der Waals surface area contributed by atoms with E-state index >= 15 is 0 Å². The number of benzene rings is 1. The number of thiophene rings is 1. The number of nitrogens with two attached hydrogens (primary N) is 1. The van der Waals surface area contributed by atoms with Crippen LogP contribution >= 0.6 is 51.1 Å². The molecule has 0 amide bonds. The Labute approximate surface area is 135 Å². The predicted molar refractivity (Wildman–Crippen MR) is 91.6 cm³/mol. The average molecular weight is 376 g/mol. The fourth-order valence-corrected chi connectivity index (χ4v) is 3.50. The summed E-state index contributed by atoms with van der Waals surface area (Å²) in [4.78, 5) is 1.68. The zero-order valence-electron chi connectivity index (χ0n) is 9.95. The quantitative estimate of drug-likeness (QED) is 0.758. The summed E-state index contributed by atoms with van der Waals surface area (Å²) in [6, 6.07) is 9.69. The van der Waals surface area contributed by atoms with Crippen LogP contribution in [0.3, 0.4) is 0 Å². The van der Waals surface area contributed by atoms with Gasteiger partial charge in [0.05, 0.1) is 3.79 Å². The molecular formula is C13H12BrClN2S2. The van der Waals surface area contributed by atoms with Crippen molar-refractivity contribution in [3.05, 3.63) is 49.6 Å². The number of rotatable bonds is 5. The second-order valence-corrected chi connectivity index (χ2v) is 7.36. The van der Waals surface area contributed by atoms with Crippen molar-refractivity contribution in [1.82, 2.24) is 0 Å². The van der Waals surface area contributed by atoms with Crippen molar-refractivity contribution in [3.8, 4) is 0 Å². The van der Waals surface area contributed by atoms with E-state index in [2.05, 4.69) is 33.4 Å². The summed E-state index contributed by atoms with van der Waals surface area (Å²) in [6.07, 6.45) is 0.954. The first-order valence-corrected chi connectivity index (χ1v) is 8.03. The van der Waals surface area contributed by atoms with Crippen LogP contribution in [0, 0.1) is 0 Å². The summed E-state index contributed by atoms with van der Waals surface area (Å²) >= 11 is 16.2. The summed E-state index contributed by atoms with van der Waals surface area (Å²) in [7, 11) is 0. The zero-order chi connectivity index (χ0) is 13.8. The third-order valence-corrected chi connectivity index (χ3v) is 4.70. The molecule has 0 radical (unpaired) electrons. The topological polar surface area (TPSA) is 38.0 Å². The first-order valence-electron chi connectivity index (χ1n) is 5.63. The van der Waals surface area contributed by atoms with Crippen LogP contribution in [0.5, 0.6) is 0 Å².